The number of carbonyl (C=O) groups is 2. The molecule has 2 N–H and O–H groups in total. The van der Waals surface area contributed by atoms with E-state index < -0.39 is 11.7 Å². The van der Waals surface area contributed by atoms with Crippen molar-refractivity contribution in [3.05, 3.63) is 34.1 Å². The summed E-state index contributed by atoms with van der Waals surface area (Å²) in [4.78, 5) is 25.9. The third-order valence-electron chi connectivity index (χ3n) is 3.49. The lowest BCUT2D eigenvalue weighted by atomic mass is 10.2. The summed E-state index contributed by atoms with van der Waals surface area (Å²) < 4.78 is 13.7. The Morgan fingerprint density at radius 2 is 2.09 bits per heavy atom. The SMILES string of the molecule is Cl.O=C(NCCC(=O)N1CCCNCC1)c1cc(F)ccc1Br. The summed E-state index contributed by atoms with van der Waals surface area (Å²) >= 11 is 3.21. The average molecular weight is 409 g/mol. The molecule has 0 saturated carbocycles. The molecule has 23 heavy (non-hydrogen) atoms. The van der Waals surface area contributed by atoms with Crippen molar-refractivity contribution >= 4 is 40.2 Å². The first-order valence-corrected chi connectivity index (χ1v) is 8.09. The van der Waals surface area contributed by atoms with Gasteiger partial charge in [-0.15, -0.1) is 12.4 Å². The topological polar surface area (TPSA) is 61.4 Å². The Morgan fingerprint density at radius 1 is 1.30 bits per heavy atom. The predicted molar refractivity (Wildman–Crippen MR) is 92.4 cm³/mol. The van der Waals surface area contributed by atoms with Crippen LogP contribution in [-0.2, 0) is 4.79 Å². The molecule has 0 aromatic heterocycles. The minimum Gasteiger partial charge on any atom is -0.351 e. The first-order valence-electron chi connectivity index (χ1n) is 7.29. The van der Waals surface area contributed by atoms with Gasteiger partial charge in [0.25, 0.3) is 5.91 Å². The summed E-state index contributed by atoms with van der Waals surface area (Å²) in [5, 5.41) is 5.89. The van der Waals surface area contributed by atoms with Crippen LogP contribution in [0.25, 0.3) is 0 Å². The molecule has 1 aliphatic rings. The standard InChI is InChI=1S/C15H19BrFN3O2.ClH/c16-13-3-2-11(17)10-12(13)15(22)19-6-4-14(21)20-8-1-5-18-7-9-20;/h2-3,10,18H,1,4-9H2,(H,19,22);1H. The van der Waals surface area contributed by atoms with Gasteiger partial charge in [0.05, 0.1) is 5.56 Å². The van der Waals surface area contributed by atoms with Crippen molar-refractivity contribution in [3.8, 4) is 0 Å². The van der Waals surface area contributed by atoms with Crippen LogP contribution in [0.5, 0.6) is 0 Å². The first-order chi connectivity index (χ1) is 10.6. The summed E-state index contributed by atoms with van der Waals surface area (Å²) in [7, 11) is 0. The Kier molecular flexibility index (Phi) is 8.51. The Morgan fingerprint density at radius 3 is 2.87 bits per heavy atom. The van der Waals surface area contributed by atoms with Crippen molar-refractivity contribution in [3.63, 3.8) is 0 Å². The number of hydrogen-bond donors (Lipinski definition) is 2. The minimum absolute atomic E-state index is 0. The Hall–Kier alpha value is -1.18. The van der Waals surface area contributed by atoms with Gasteiger partial charge < -0.3 is 15.5 Å². The molecule has 5 nitrogen and oxygen atoms in total. The quantitative estimate of drug-likeness (QED) is 0.800. The second-order valence-corrected chi connectivity index (χ2v) is 5.97. The number of nitrogens with zero attached hydrogens (tertiary/aromatic N) is 1. The molecular weight excluding hydrogens is 389 g/mol. The normalized spacial score (nSPS) is 14.6. The molecule has 1 saturated heterocycles. The van der Waals surface area contributed by atoms with Crippen molar-refractivity contribution < 1.29 is 14.0 Å². The van der Waals surface area contributed by atoms with Gasteiger partial charge in [-0.25, -0.2) is 4.39 Å². The number of halogens is 3. The number of nitrogens with one attached hydrogen (secondary N) is 2. The second kappa shape index (κ2) is 9.85. The number of carbonyl (C=O) groups excluding carboxylic acids is 2. The van der Waals surface area contributed by atoms with Crippen LogP contribution in [0.4, 0.5) is 4.39 Å². The fourth-order valence-corrected chi connectivity index (χ4v) is 2.73. The van der Waals surface area contributed by atoms with Crippen molar-refractivity contribution in [2.24, 2.45) is 0 Å². The number of rotatable bonds is 4. The van der Waals surface area contributed by atoms with Crippen molar-refractivity contribution in [2.75, 3.05) is 32.7 Å². The second-order valence-electron chi connectivity index (χ2n) is 5.11. The molecule has 1 fully saturated rings. The highest BCUT2D eigenvalue weighted by Gasteiger charge is 2.16. The lowest BCUT2D eigenvalue weighted by Gasteiger charge is -2.20. The molecule has 0 bridgehead atoms. The molecule has 0 radical (unpaired) electrons. The predicted octanol–water partition coefficient (Wildman–Crippen LogP) is 1.95. The lowest BCUT2D eigenvalue weighted by molar-refractivity contribution is -0.130. The molecule has 0 atom stereocenters. The van der Waals surface area contributed by atoms with Gasteiger partial charge in [0.15, 0.2) is 0 Å². The van der Waals surface area contributed by atoms with Crippen molar-refractivity contribution in [1.82, 2.24) is 15.5 Å². The van der Waals surface area contributed by atoms with E-state index in [0.29, 0.717) is 11.0 Å². The van der Waals surface area contributed by atoms with Gasteiger partial charge in [-0.1, -0.05) is 0 Å². The van der Waals surface area contributed by atoms with Gasteiger partial charge in [0.1, 0.15) is 5.82 Å². The zero-order valence-electron chi connectivity index (χ0n) is 12.6. The van der Waals surface area contributed by atoms with Crippen LogP contribution in [0.15, 0.2) is 22.7 Å². The first kappa shape index (κ1) is 19.9. The fraction of sp³-hybridized carbons (Fsp3) is 0.467. The van der Waals surface area contributed by atoms with Gasteiger partial charge in [-0.2, -0.15) is 0 Å². The maximum absolute atomic E-state index is 13.2. The largest absolute Gasteiger partial charge is 0.351 e. The number of hydrogen-bond acceptors (Lipinski definition) is 3. The van der Waals surface area contributed by atoms with Crippen LogP contribution in [0.1, 0.15) is 23.2 Å². The molecule has 0 unspecified atom stereocenters. The van der Waals surface area contributed by atoms with E-state index in [2.05, 4.69) is 26.6 Å². The van der Waals surface area contributed by atoms with Gasteiger partial charge in [-0.05, 0) is 47.1 Å². The number of amides is 2. The lowest BCUT2D eigenvalue weighted by Crippen LogP contribution is -2.36. The molecule has 2 amide bonds. The highest BCUT2D eigenvalue weighted by molar-refractivity contribution is 9.10. The molecule has 1 aromatic rings. The van der Waals surface area contributed by atoms with E-state index in [-0.39, 0.29) is 36.8 Å². The maximum atomic E-state index is 13.2. The third kappa shape index (κ3) is 6.08. The number of benzene rings is 1. The highest BCUT2D eigenvalue weighted by Crippen LogP contribution is 2.17. The van der Waals surface area contributed by atoms with Gasteiger partial charge in [0.2, 0.25) is 5.91 Å². The van der Waals surface area contributed by atoms with Gasteiger partial charge in [-0.3, -0.25) is 9.59 Å². The van der Waals surface area contributed by atoms with Gasteiger partial charge >= 0.3 is 0 Å². The monoisotopic (exact) mass is 407 g/mol. The summed E-state index contributed by atoms with van der Waals surface area (Å²) in [6.07, 6.45) is 1.19. The van der Waals surface area contributed by atoms with Crippen LogP contribution in [0.3, 0.4) is 0 Å². The summed E-state index contributed by atoms with van der Waals surface area (Å²) in [6, 6.07) is 3.93. The molecule has 2 rings (SSSR count). The highest BCUT2D eigenvalue weighted by atomic mass is 79.9. The van der Waals surface area contributed by atoms with E-state index in [1.807, 2.05) is 4.90 Å². The molecular formula is C15H20BrClFN3O2. The minimum atomic E-state index is -0.471. The Labute approximate surface area is 149 Å². The van der Waals surface area contributed by atoms with Crippen LogP contribution in [0.2, 0.25) is 0 Å². The maximum Gasteiger partial charge on any atom is 0.252 e. The molecule has 128 valence electrons. The molecule has 1 aromatic carbocycles. The van der Waals surface area contributed by atoms with Crippen molar-refractivity contribution in [2.45, 2.75) is 12.8 Å². The zero-order valence-corrected chi connectivity index (χ0v) is 15.0. The van der Waals surface area contributed by atoms with E-state index in [9.17, 15) is 14.0 Å². The molecule has 0 spiro atoms. The molecule has 0 aliphatic carbocycles. The third-order valence-corrected chi connectivity index (χ3v) is 4.18. The molecule has 1 aliphatic heterocycles. The summed E-state index contributed by atoms with van der Waals surface area (Å²) in [5.74, 6) is -0.833. The van der Waals surface area contributed by atoms with E-state index in [4.69, 9.17) is 0 Å². The molecule has 1 heterocycles. The zero-order chi connectivity index (χ0) is 15.9. The van der Waals surface area contributed by atoms with Crippen LogP contribution in [0, 0.1) is 5.82 Å². The van der Waals surface area contributed by atoms with Crippen LogP contribution >= 0.6 is 28.3 Å². The van der Waals surface area contributed by atoms with E-state index in [1.165, 1.54) is 18.2 Å². The smallest absolute Gasteiger partial charge is 0.252 e. The van der Waals surface area contributed by atoms with E-state index >= 15 is 0 Å². The van der Waals surface area contributed by atoms with E-state index in [1.54, 1.807) is 0 Å². The van der Waals surface area contributed by atoms with Crippen LogP contribution in [-0.4, -0.2) is 49.4 Å². The summed E-state index contributed by atoms with van der Waals surface area (Å²) in [5.41, 5.74) is 0.228. The van der Waals surface area contributed by atoms with Crippen molar-refractivity contribution in [1.29, 1.82) is 0 Å². The van der Waals surface area contributed by atoms with E-state index in [0.717, 1.165) is 26.1 Å². The Bertz CT molecular complexity index is 552. The van der Waals surface area contributed by atoms with Crippen LogP contribution < -0.4 is 10.6 Å². The van der Waals surface area contributed by atoms with Gasteiger partial charge in [0, 0.05) is 37.1 Å². The molecule has 8 heteroatoms. The summed E-state index contributed by atoms with van der Waals surface area (Å²) in [6.45, 7) is 3.41. The Balaban J connectivity index is 0.00000264. The average Bonchev–Trinajstić information content (AvgIpc) is 2.78. The fourth-order valence-electron chi connectivity index (χ4n) is 2.30.